The average molecular weight is 360 g/mol. The summed E-state index contributed by atoms with van der Waals surface area (Å²) in [7, 11) is -28.1. The van der Waals surface area contributed by atoms with Crippen molar-refractivity contribution in [2.75, 3.05) is 0 Å². The number of hydrazine groups is 1. The molecule has 0 rings (SSSR count). The summed E-state index contributed by atoms with van der Waals surface area (Å²) in [6.45, 7) is 0. The molecule has 0 saturated heterocycles. The Hall–Kier alpha value is -0.560. The van der Waals surface area contributed by atoms with Gasteiger partial charge in [-0.2, -0.15) is 33.7 Å². The van der Waals surface area contributed by atoms with Crippen LogP contribution >= 0.6 is 0 Å². The predicted octanol–water partition coefficient (Wildman–Crippen LogP) is -1.64. The van der Waals surface area contributed by atoms with Gasteiger partial charge in [0, 0.05) is 0 Å². The minimum atomic E-state index is -7.03. The molecule has 0 fully saturated rings. The second kappa shape index (κ2) is 4.52. The van der Waals surface area contributed by atoms with Gasteiger partial charge < -0.3 is 0 Å². The van der Waals surface area contributed by atoms with Gasteiger partial charge in [0.1, 0.15) is 0 Å². The molecule has 0 radical (unpaired) electrons. The van der Waals surface area contributed by atoms with Crippen molar-refractivity contribution in [2.24, 2.45) is 0 Å². The molecule has 0 aliphatic carbocycles. The molecule has 0 aromatic carbocycles. The van der Waals surface area contributed by atoms with Gasteiger partial charge in [-0.25, -0.2) is 0 Å². The maximum atomic E-state index is 12.2. The molecular formula is F4N2O8S4. The second-order valence-electron chi connectivity index (χ2n) is 2.12. The summed E-state index contributed by atoms with van der Waals surface area (Å²) in [5, 5.41) is 0. The largest absolute Gasteiger partial charge is 0.406 e. The summed E-state index contributed by atoms with van der Waals surface area (Å²) in [5.74, 6) is 0. The third-order valence-electron chi connectivity index (χ3n) is 0.880. The second-order valence-corrected chi connectivity index (χ2v) is 7.27. The zero-order valence-corrected chi connectivity index (χ0v) is 10.6. The highest BCUT2D eigenvalue weighted by molar-refractivity contribution is 8.04. The maximum Gasteiger partial charge on any atom is 0.406 e. The first kappa shape index (κ1) is 17.4. The van der Waals surface area contributed by atoms with Crippen molar-refractivity contribution in [2.45, 2.75) is 0 Å². The lowest BCUT2D eigenvalue weighted by Crippen LogP contribution is -2.50. The Balaban J connectivity index is 6.57. The van der Waals surface area contributed by atoms with Crippen molar-refractivity contribution in [3.63, 3.8) is 0 Å². The van der Waals surface area contributed by atoms with E-state index in [1.165, 1.54) is 0 Å². The molecule has 0 saturated carbocycles. The van der Waals surface area contributed by atoms with Crippen LogP contribution in [0.3, 0.4) is 0 Å². The van der Waals surface area contributed by atoms with Crippen LogP contribution in [0.4, 0.5) is 15.5 Å². The van der Waals surface area contributed by atoms with Crippen molar-refractivity contribution < 1.29 is 49.2 Å². The Labute approximate surface area is 98.8 Å². The van der Waals surface area contributed by atoms with E-state index in [0.717, 1.165) is 0 Å². The molecule has 0 atom stereocenters. The van der Waals surface area contributed by atoms with Crippen molar-refractivity contribution in [3.8, 4) is 0 Å². The standard InChI is InChI=1S/F4N2O8S4/c1-15(7,8)5(16(2,9)10)6(17(3,11)12)18(4,13)14. The van der Waals surface area contributed by atoms with E-state index in [1.807, 2.05) is 0 Å². The first-order chi connectivity index (χ1) is 7.49. The minimum Gasteiger partial charge on any atom is -0.174 e. The molecule has 0 aromatic rings. The predicted molar refractivity (Wildman–Crippen MR) is 43.8 cm³/mol. The molecule has 0 amide bonds. The van der Waals surface area contributed by atoms with Gasteiger partial charge >= 0.3 is 41.6 Å². The van der Waals surface area contributed by atoms with Gasteiger partial charge in [-0.15, -0.1) is 0 Å². The van der Waals surface area contributed by atoms with Crippen LogP contribution in [-0.2, 0) is 41.6 Å². The molecule has 0 aliphatic rings. The number of hydrogen-bond donors (Lipinski definition) is 0. The van der Waals surface area contributed by atoms with Gasteiger partial charge in [0.25, 0.3) is 0 Å². The van der Waals surface area contributed by atoms with Crippen LogP contribution in [0.2, 0.25) is 0 Å². The molecule has 0 N–H and O–H groups in total. The van der Waals surface area contributed by atoms with Crippen LogP contribution in [-0.4, -0.2) is 41.3 Å². The van der Waals surface area contributed by atoms with Crippen LogP contribution in [0.25, 0.3) is 0 Å². The summed E-state index contributed by atoms with van der Waals surface area (Å²) in [4.78, 5) is 0. The molecule has 110 valence electrons. The molecule has 18 heavy (non-hydrogen) atoms. The summed E-state index contributed by atoms with van der Waals surface area (Å²) in [6, 6.07) is 0. The molecule has 0 unspecified atom stereocenters. The topological polar surface area (TPSA) is 143 Å². The van der Waals surface area contributed by atoms with Crippen LogP contribution in [0.1, 0.15) is 0 Å². The average Bonchev–Trinajstić information content (AvgIpc) is 1.89. The first-order valence-corrected chi connectivity index (χ1v) is 8.24. The molecule has 0 aliphatic heterocycles. The zero-order valence-electron chi connectivity index (χ0n) is 7.31. The molecule has 18 heteroatoms. The van der Waals surface area contributed by atoms with Crippen LogP contribution in [0.15, 0.2) is 0 Å². The summed E-state index contributed by atoms with van der Waals surface area (Å²) in [5.41, 5.74) is 0. The number of halogens is 4. The molecule has 0 aromatic heterocycles. The Bertz CT molecular complexity index is 597. The first-order valence-electron chi connectivity index (χ1n) is 2.88. The third-order valence-corrected chi connectivity index (χ3v) is 5.58. The van der Waals surface area contributed by atoms with Crippen molar-refractivity contribution in [1.29, 1.82) is 0 Å². The van der Waals surface area contributed by atoms with Gasteiger partial charge in [0.05, 0.1) is 7.64 Å². The lowest BCUT2D eigenvalue weighted by atomic mass is 12.9. The van der Waals surface area contributed by atoms with Crippen molar-refractivity contribution in [3.05, 3.63) is 0 Å². The van der Waals surface area contributed by atoms with E-state index in [-0.39, 0.29) is 0 Å². The van der Waals surface area contributed by atoms with Crippen molar-refractivity contribution >= 4 is 41.6 Å². The Morgan fingerprint density at radius 3 is 0.611 bits per heavy atom. The van der Waals surface area contributed by atoms with Crippen molar-refractivity contribution in [1.82, 2.24) is 7.64 Å². The van der Waals surface area contributed by atoms with E-state index < -0.39 is 49.3 Å². The zero-order chi connectivity index (χ0) is 15.2. The molecule has 10 nitrogen and oxygen atoms in total. The number of hydrogen-bond acceptors (Lipinski definition) is 8. The van der Waals surface area contributed by atoms with Gasteiger partial charge in [0.2, 0.25) is 0 Å². The van der Waals surface area contributed by atoms with Crippen LogP contribution in [0.5, 0.6) is 0 Å². The lowest BCUT2D eigenvalue weighted by molar-refractivity contribution is 0.302. The van der Waals surface area contributed by atoms with E-state index in [2.05, 4.69) is 0 Å². The highest BCUT2D eigenvalue weighted by Gasteiger charge is 2.54. The Morgan fingerprint density at radius 1 is 0.444 bits per heavy atom. The molecule has 0 bridgehead atoms. The summed E-state index contributed by atoms with van der Waals surface area (Å²) < 4.78 is 124. The highest BCUT2D eigenvalue weighted by Crippen LogP contribution is 2.24. The fourth-order valence-electron chi connectivity index (χ4n) is 0.531. The van der Waals surface area contributed by atoms with Crippen LogP contribution in [0, 0.1) is 0 Å². The van der Waals surface area contributed by atoms with E-state index in [1.54, 1.807) is 0 Å². The normalized spacial score (nSPS) is 15.2. The molecule has 0 spiro atoms. The smallest absolute Gasteiger partial charge is 0.174 e. The van der Waals surface area contributed by atoms with Gasteiger partial charge in [-0.05, 0) is 0 Å². The van der Waals surface area contributed by atoms with Crippen LogP contribution < -0.4 is 0 Å². The Morgan fingerprint density at radius 2 is 0.556 bits per heavy atom. The van der Waals surface area contributed by atoms with E-state index in [4.69, 9.17) is 0 Å². The monoisotopic (exact) mass is 360 g/mol. The molecule has 0 heterocycles. The fourth-order valence-corrected chi connectivity index (χ4v) is 4.78. The van der Waals surface area contributed by atoms with Gasteiger partial charge in [0.15, 0.2) is 0 Å². The van der Waals surface area contributed by atoms with Gasteiger partial charge in [-0.1, -0.05) is 15.5 Å². The Kier molecular flexibility index (Phi) is 4.38. The summed E-state index contributed by atoms with van der Waals surface area (Å²) >= 11 is 0. The highest BCUT2D eigenvalue weighted by atomic mass is 32.3. The van der Waals surface area contributed by atoms with E-state index >= 15 is 0 Å². The SMILES string of the molecule is O=S(=O)(F)N(N(S(=O)(=O)F)S(=O)(=O)F)S(=O)(=O)F. The van der Waals surface area contributed by atoms with Gasteiger partial charge in [-0.3, -0.25) is 0 Å². The summed E-state index contributed by atoms with van der Waals surface area (Å²) in [6.07, 6.45) is 0. The fraction of sp³-hybridized carbons (Fsp3) is 0. The maximum absolute atomic E-state index is 12.2. The minimum absolute atomic E-state index is 2.77. The lowest BCUT2D eigenvalue weighted by Gasteiger charge is -2.18. The number of nitrogens with zero attached hydrogens (tertiary/aromatic N) is 2. The van der Waals surface area contributed by atoms with E-state index in [9.17, 15) is 49.2 Å². The third kappa shape index (κ3) is 4.28. The quantitative estimate of drug-likeness (QED) is 0.323. The van der Waals surface area contributed by atoms with E-state index in [0.29, 0.717) is 0 Å². The molecular weight excluding hydrogens is 360 g/mol. The number of rotatable bonds is 5.